The van der Waals surface area contributed by atoms with Gasteiger partial charge in [0.2, 0.25) is 0 Å². The van der Waals surface area contributed by atoms with Crippen LogP contribution in [0, 0.1) is 5.92 Å². The first-order valence-electron chi connectivity index (χ1n) is 7.19. The number of rotatable bonds is 7. The monoisotopic (exact) mass is 290 g/mol. The molecule has 0 spiro atoms. The summed E-state index contributed by atoms with van der Waals surface area (Å²) in [5.74, 6) is -0.308. The number of fused-ring (bicyclic) bond motifs is 1. The predicted octanol–water partition coefficient (Wildman–Crippen LogP) is 1.84. The Morgan fingerprint density at radius 3 is 2.95 bits per heavy atom. The van der Waals surface area contributed by atoms with Crippen LogP contribution < -0.4 is 5.69 Å². The molecule has 6 heteroatoms. The van der Waals surface area contributed by atoms with E-state index in [2.05, 4.69) is 4.98 Å². The summed E-state index contributed by atoms with van der Waals surface area (Å²) in [5, 5.41) is 9.24. The van der Waals surface area contributed by atoms with E-state index in [9.17, 15) is 14.7 Å². The summed E-state index contributed by atoms with van der Waals surface area (Å²) >= 11 is 0. The predicted molar refractivity (Wildman–Crippen MR) is 77.7 cm³/mol. The zero-order valence-corrected chi connectivity index (χ0v) is 11.7. The van der Waals surface area contributed by atoms with Crippen molar-refractivity contribution in [1.82, 2.24) is 9.55 Å². The molecule has 0 bridgehead atoms. The number of para-hydroxylation sites is 1. The first kappa shape index (κ1) is 13.9. The average molecular weight is 290 g/mol. The van der Waals surface area contributed by atoms with Gasteiger partial charge in [-0.25, -0.2) is 9.59 Å². The van der Waals surface area contributed by atoms with Crippen molar-refractivity contribution in [2.75, 3.05) is 13.2 Å². The minimum Gasteiger partial charge on any atom is -0.478 e. The number of imidazole rings is 1. The summed E-state index contributed by atoms with van der Waals surface area (Å²) in [7, 11) is 0. The molecule has 2 aromatic rings. The highest BCUT2D eigenvalue weighted by Gasteiger charge is 2.21. The van der Waals surface area contributed by atoms with E-state index in [1.165, 1.54) is 23.5 Å². The molecule has 21 heavy (non-hydrogen) atoms. The van der Waals surface area contributed by atoms with E-state index >= 15 is 0 Å². The summed E-state index contributed by atoms with van der Waals surface area (Å²) < 4.78 is 7.03. The summed E-state index contributed by atoms with van der Waals surface area (Å²) in [6.07, 6.45) is 3.20. The molecule has 3 rings (SSSR count). The lowest BCUT2D eigenvalue weighted by Crippen LogP contribution is -2.18. The van der Waals surface area contributed by atoms with Crippen molar-refractivity contribution in [1.29, 1.82) is 0 Å². The lowest BCUT2D eigenvalue weighted by molar-refractivity contribution is 0.0698. The van der Waals surface area contributed by atoms with Crippen molar-refractivity contribution in [3.8, 4) is 0 Å². The molecule has 1 saturated carbocycles. The summed E-state index contributed by atoms with van der Waals surface area (Å²) in [5.41, 5.74) is 0.877. The van der Waals surface area contributed by atoms with Crippen LogP contribution in [0.5, 0.6) is 0 Å². The minimum atomic E-state index is -1.03. The fraction of sp³-hybridized carbons (Fsp3) is 0.467. The van der Waals surface area contributed by atoms with Gasteiger partial charge >= 0.3 is 11.7 Å². The second-order valence-electron chi connectivity index (χ2n) is 5.46. The molecule has 1 aromatic carbocycles. The molecular weight excluding hydrogens is 272 g/mol. The third-order valence-electron chi connectivity index (χ3n) is 3.74. The van der Waals surface area contributed by atoms with Crippen molar-refractivity contribution < 1.29 is 14.6 Å². The Morgan fingerprint density at radius 2 is 2.24 bits per heavy atom. The normalized spacial score (nSPS) is 14.7. The van der Waals surface area contributed by atoms with Crippen molar-refractivity contribution in [2.45, 2.75) is 25.8 Å². The van der Waals surface area contributed by atoms with Crippen LogP contribution in [0.1, 0.15) is 29.6 Å². The number of aryl methyl sites for hydroxylation is 1. The molecule has 2 N–H and O–H groups in total. The van der Waals surface area contributed by atoms with Gasteiger partial charge in [0, 0.05) is 19.8 Å². The first-order chi connectivity index (χ1) is 10.2. The van der Waals surface area contributed by atoms with Gasteiger partial charge in [0.05, 0.1) is 16.6 Å². The molecule has 1 aliphatic carbocycles. The third-order valence-corrected chi connectivity index (χ3v) is 3.74. The van der Waals surface area contributed by atoms with Crippen molar-refractivity contribution in [3.63, 3.8) is 0 Å². The Hall–Kier alpha value is -2.08. The highest BCUT2D eigenvalue weighted by atomic mass is 16.5. The highest BCUT2D eigenvalue weighted by Crippen LogP contribution is 2.28. The first-order valence-corrected chi connectivity index (χ1v) is 7.19. The second kappa shape index (κ2) is 5.73. The van der Waals surface area contributed by atoms with Gasteiger partial charge in [0.1, 0.15) is 0 Å². The minimum absolute atomic E-state index is 0.143. The number of benzene rings is 1. The average Bonchev–Trinajstić information content (AvgIpc) is 3.21. The summed E-state index contributed by atoms with van der Waals surface area (Å²) in [6.45, 7) is 1.84. The molecule has 1 aromatic heterocycles. The van der Waals surface area contributed by atoms with Crippen LogP contribution >= 0.6 is 0 Å². The number of carboxylic acids is 1. The standard InChI is InChI=1S/C15H18N2O4/c18-14(19)11-3-1-4-12-13(11)17(15(20)16-12)7-2-8-21-9-10-5-6-10/h1,3-4,10H,2,5-9H2,(H,16,20)(H,18,19). The molecule has 6 nitrogen and oxygen atoms in total. The van der Waals surface area contributed by atoms with Crippen LogP contribution in [0.3, 0.4) is 0 Å². The van der Waals surface area contributed by atoms with Crippen molar-refractivity contribution in [2.24, 2.45) is 5.92 Å². The number of carboxylic acid groups (broad SMARTS) is 1. The molecule has 112 valence electrons. The summed E-state index contributed by atoms with van der Waals surface area (Å²) in [6, 6.07) is 4.85. The highest BCUT2D eigenvalue weighted by molar-refractivity contribution is 6.01. The maximum atomic E-state index is 12.0. The van der Waals surface area contributed by atoms with E-state index in [-0.39, 0.29) is 11.3 Å². The Kier molecular flexibility index (Phi) is 3.79. The van der Waals surface area contributed by atoms with Crippen molar-refractivity contribution in [3.05, 3.63) is 34.2 Å². The third kappa shape index (κ3) is 3.00. The Morgan fingerprint density at radius 1 is 1.43 bits per heavy atom. The maximum Gasteiger partial charge on any atom is 0.337 e. The number of nitrogens with one attached hydrogen (secondary N) is 1. The fourth-order valence-electron chi connectivity index (χ4n) is 2.46. The van der Waals surface area contributed by atoms with Crippen molar-refractivity contribution >= 4 is 17.0 Å². The van der Waals surface area contributed by atoms with Gasteiger partial charge in [-0.2, -0.15) is 0 Å². The summed E-state index contributed by atoms with van der Waals surface area (Å²) in [4.78, 5) is 25.9. The zero-order valence-electron chi connectivity index (χ0n) is 11.7. The maximum absolute atomic E-state index is 12.0. The number of carbonyl (C=O) groups is 1. The van der Waals surface area contributed by atoms with E-state index in [1.54, 1.807) is 12.1 Å². The zero-order chi connectivity index (χ0) is 14.8. The number of hydrogen-bond acceptors (Lipinski definition) is 3. The Balaban J connectivity index is 1.75. The van der Waals surface area contributed by atoms with E-state index < -0.39 is 5.97 Å². The number of nitrogens with zero attached hydrogens (tertiary/aromatic N) is 1. The second-order valence-corrected chi connectivity index (χ2v) is 5.46. The van der Waals surface area contributed by atoms with Gasteiger partial charge in [-0.15, -0.1) is 0 Å². The topological polar surface area (TPSA) is 84.3 Å². The van der Waals surface area contributed by atoms with E-state index in [1.807, 2.05) is 0 Å². The van der Waals surface area contributed by atoms with Gasteiger partial charge in [-0.1, -0.05) is 6.07 Å². The van der Waals surface area contributed by atoms with Gasteiger partial charge in [0.25, 0.3) is 0 Å². The molecule has 0 unspecified atom stereocenters. The number of aromatic nitrogens is 2. The number of ether oxygens (including phenoxy) is 1. The smallest absolute Gasteiger partial charge is 0.337 e. The van der Waals surface area contributed by atoms with Crippen LogP contribution in [0.2, 0.25) is 0 Å². The molecule has 0 atom stereocenters. The van der Waals surface area contributed by atoms with E-state index in [0.717, 1.165) is 12.5 Å². The molecule has 0 saturated heterocycles. The molecule has 1 aliphatic rings. The lowest BCUT2D eigenvalue weighted by Gasteiger charge is -2.06. The number of aromatic carboxylic acids is 1. The van der Waals surface area contributed by atoms with Gasteiger partial charge in [0.15, 0.2) is 0 Å². The molecule has 0 radical (unpaired) electrons. The molecule has 0 amide bonds. The van der Waals surface area contributed by atoms with Gasteiger partial charge < -0.3 is 14.8 Å². The number of hydrogen-bond donors (Lipinski definition) is 2. The van der Waals surface area contributed by atoms with Crippen LogP contribution in [0.4, 0.5) is 0 Å². The van der Waals surface area contributed by atoms with Gasteiger partial charge in [-0.05, 0) is 37.3 Å². The van der Waals surface area contributed by atoms with Crippen LogP contribution in [-0.4, -0.2) is 33.8 Å². The van der Waals surface area contributed by atoms with Gasteiger partial charge in [-0.3, -0.25) is 4.57 Å². The number of aromatic amines is 1. The van der Waals surface area contributed by atoms with Crippen LogP contribution in [-0.2, 0) is 11.3 Å². The fourth-order valence-corrected chi connectivity index (χ4v) is 2.46. The van der Waals surface area contributed by atoms with Crippen LogP contribution in [0.15, 0.2) is 23.0 Å². The molecule has 0 aliphatic heterocycles. The Bertz CT molecular complexity index is 712. The van der Waals surface area contributed by atoms with E-state index in [4.69, 9.17) is 4.74 Å². The quantitative estimate of drug-likeness (QED) is 0.762. The SMILES string of the molecule is O=C(O)c1cccc2[nH]c(=O)n(CCCOCC3CC3)c12. The number of H-pyrrole nitrogens is 1. The van der Waals surface area contributed by atoms with E-state index in [0.29, 0.717) is 30.6 Å². The molecular formula is C15H18N2O4. The lowest BCUT2D eigenvalue weighted by atomic mass is 10.2. The van der Waals surface area contributed by atoms with Crippen LogP contribution in [0.25, 0.3) is 11.0 Å². The molecule has 1 heterocycles. The Labute approximate surface area is 121 Å². The largest absolute Gasteiger partial charge is 0.478 e. The molecule has 1 fully saturated rings.